The smallest absolute Gasteiger partial charge is 0.274 e. The average Bonchev–Trinajstić information content (AvgIpc) is 2.69. The monoisotopic (exact) mass is 382 g/mol. The molecule has 0 bridgehead atoms. The number of aliphatic hydroxyl groups is 1. The summed E-state index contributed by atoms with van der Waals surface area (Å²) in [7, 11) is 0. The van der Waals surface area contributed by atoms with Crippen molar-refractivity contribution in [1.29, 1.82) is 0 Å². The molecule has 1 heterocycles. The third-order valence-corrected chi connectivity index (χ3v) is 4.29. The maximum Gasteiger partial charge on any atom is 0.274 e. The van der Waals surface area contributed by atoms with Crippen LogP contribution in [0, 0.1) is 0 Å². The van der Waals surface area contributed by atoms with Crippen molar-refractivity contribution in [2.45, 2.75) is 12.5 Å². The first kappa shape index (κ1) is 18.8. The van der Waals surface area contributed by atoms with E-state index >= 15 is 0 Å². The number of anilines is 1. The van der Waals surface area contributed by atoms with E-state index < -0.39 is 11.9 Å². The van der Waals surface area contributed by atoms with Crippen molar-refractivity contribution in [2.24, 2.45) is 0 Å². The van der Waals surface area contributed by atoms with Gasteiger partial charge in [-0.25, -0.2) is 9.97 Å². The van der Waals surface area contributed by atoms with Crippen LogP contribution in [0.2, 0.25) is 5.02 Å². The van der Waals surface area contributed by atoms with Crippen LogP contribution in [0.5, 0.6) is 0 Å². The van der Waals surface area contributed by atoms with E-state index in [9.17, 15) is 9.90 Å². The molecule has 0 saturated carbocycles. The lowest BCUT2D eigenvalue weighted by molar-refractivity contribution is 0.0912. The maximum absolute atomic E-state index is 12.6. The number of aliphatic hydroxyl groups excluding tert-OH is 1. The van der Waals surface area contributed by atoms with Crippen molar-refractivity contribution < 1.29 is 9.90 Å². The molecule has 138 valence electrons. The SMILES string of the molecule is Nc1ncc(-c2ccc(Cl)cc2)nc1C(=O)N[C@@H](CO)Cc1ccccc1. The molecule has 1 amide bonds. The Balaban J connectivity index is 1.79. The fourth-order valence-corrected chi connectivity index (χ4v) is 2.76. The molecule has 0 aliphatic rings. The Labute approximate surface area is 162 Å². The van der Waals surface area contributed by atoms with Crippen LogP contribution < -0.4 is 11.1 Å². The summed E-state index contributed by atoms with van der Waals surface area (Å²) < 4.78 is 0. The third kappa shape index (κ3) is 4.81. The highest BCUT2D eigenvalue weighted by atomic mass is 35.5. The van der Waals surface area contributed by atoms with E-state index in [1.165, 1.54) is 6.20 Å². The standard InChI is InChI=1S/C20H19ClN4O2/c21-15-8-6-14(7-9-15)17-11-23-19(22)18(25-17)20(27)24-16(12-26)10-13-4-2-1-3-5-13/h1-9,11,16,26H,10,12H2,(H2,22,23)(H,24,27)/t16-/m1/s1. The molecule has 1 atom stereocenters. The molecule has 3 aromatic rings. The van der Waals surface area contributed by atoms with E-state index in [0.29, 0.717) is 17.1 Å². The number of nitrogens with one attached hydrogen (secondary N) is 1. The van der Waals surface area contributed by atoms with Crippen molar-refractivity contribution in [2.75, 3.05) is 12.3 Å². The van der Waals surface area contributed by atoms with Crippen molar-refractivity contribution in [3.63, 3.8) is 0 Å². The van der Waals surface area contributed by atoms with Crippen molar-refractivity contribution in [3.8, 4) is 11.3 Å². The second kappa shape index (κ2) is 8.62. The summed E-state index contributed by atoms with van der Waals surface area (Å²) in [5, 5.41) is 13.0. The number of amides is 1. The number of hydrogen-bond donors (Lipinski definition) is 3. The predicted molar refractivity (Wildman–Crippen MR) is 105 cm³/mol. The molecule has 27 heavy (non-hydrogen) atoms. The van der Waals surface area contributed by atoms with Crippen LogP contribution in [0.25, 0.3) is 11.3 Å². The molecule has 7 heteroatoms. The van der Waals surface area contributed by atoms with Crippen molar-refractivity contribution in [3.05, 3.63) is 77.1 Å². The Bertz CT molecular complexity index is 917. The number of nitrogens with two attached hydrogens (primary N) is 1. The largest absolute Gasteiger partial charge is 0.394 e. The lowest BCUT2D eigenvalue weighted by atomic mass is 10.1. The van der Waals surface area contributed by atoms with Gasteiger partial charge in [0.15, 0.2) is 11.5 Å². The molecule has 6 nitrogen and oxygen atoms in total. The molecule has 0 aliphatic heterocycles. The number of halogens is 1. The van der Waals surface area contributed by atoms with Gasteiger partial charge in [0.1, 0.15) is 0 Å². The van der Waals surface area contributed by atoms with Crippen molar-refractivity contribution >= 4 is 23.3 Å². The minimum atomic E-state index is -0.481. The third-order valence-electron chi connectivity index (χ3n) is 4.04. The molecule has 0 unspecified atom stereocenters. The zero-order valence-electron chi connectivity index (χ0n) is 14.5. The second-order valence-corrected chi connectivity index (χ2v) is 6.48. The van der Waals surface area contributed by atoms with Crippen LogP contribution in [0.15, 0.2) is 60.8 Å². The highest BCUT2D eigenvalue weighted by Gasteiger charge is 2.19. The summed E-state index contributed by atoms with van der Waals surface area (Å²) in [5.41, 5.74) is 8.15. The van der Waals surface area contributed by atoms with Crippen LogP contribution in [-0.2, 0) is 6.42 Å². The first-order valence-electron chi connectivity index (χ1n) is 8.41. The summed E-state index contributed by atoms with van der Waals surface area (Å²) in [5.74, 6) is -0.451. The highest BCUT2D eigenvalue weighted by Crippen LogP contribution is 2.20. The lowest BCUT2D eigenvalue weighted by Crippen LogP contribution is -2.39. The molecule has 0 aliphatic carbocycles. The van der Waals surface area contributed by atoms with E-state index in [0.717, 1.165) is 11.1 Å². The second-order valence-electron chi connectivity index (χ2n) is 6.04. The normalized spacial score (nSPS) is 11.8. The Morgan fingerprint density at radius 3 is 2.52 bits per heavy atom. The molecule has 0 spiro atoms. The van der Waals surface area contributed by atoms with Gasteiger partial charge in [-0.15, -0.1) is 0 Å². The predicted octanol–water partition coefficient (Wildman–Crippen LogP) is 2.71. The van der Waals surface area contributed by atoms with E-state index in [1.54, 1.807) is 24.3 Å². The molecule has 0 saturated heterocycles. The number of nitrogens with zero attached hydrogens (tertiary/aromatic N) is 2. The molecule has 0 fully saturated rings. The van der Waals surface area contributed by atoms with Gasteiger partial charge in [-0.1, -0.05) is 54.1 Å². The number of aromatic nitrogens is 2. The molecule has 3 rings (SSSR count). The maximum atomic E-state index is 12.6. The fraction of sp³-hybridized carbons (Fsp3) is 0.150. The van der Waals surface area contributed by atoms with E-state index in [1.807, 2.05) is 30.3 Å². The average molecular weight is 383 g/mol. The Kier molecular flexibility index (Phi) is 6.01. The van der Waals surface area contributed by atoms with E-state index in [-0.39, 0.29) is 18.1 Å². The highest BCUT2D eigenvalue weighted by molar-refractivity contribution is 6.30. The number of carbonyl (C=O) groups is 1. The van der Waals surface area contributed by atoms with Gasteiger partial charge in [-0.3, -0.25) is 4.79 Å². The number of rotatable bonds is 6. The number of benzene rings is 2. The van der Waals surface area contributed by atoms with Gasteiger partial charge >= 0.3 is 0 Å². The molecule has 2 aromatic carbocycles. The van der Waals surface area contributed by atoms with Crippen LogP contribution in [0.4, 0.5) is 5.82 Å². The number of nitrogen functional groups attached to an aromatic ring is 1. The van der Waals surface area contributed by atoms with Gasteiger partial charge in [0.25, 0.3) is 5.91 Å². The summed E-state index contributed by atoms with van der Waals surface area (Å²) in [6.45, 7) is -0.204. The lowest BCUT2D eigenvalue weighted by Gasteiger charge is -2.17. The van der Waals surface area contributed by atoms with Crippen LogP contribution >= 0.6 is 11.6 Å². The summed E-state index contributed by atoms with van der Waals surface area (Å²) in [6, 6.07) is 16.2. The number of carbonyl (C=O) groups excluding carboxylic acids is 1. The van der Waals surface area contributed by atoms with Crippen molar-refractivity contribution in [1.82, 2.24) is 15.3 Å². The van der Waals surface area contributed by atoms with Gasteiger partial charge < -0.3 is 16.2 Å². The van der Waals surface area contributed by atoms with Crippen LogP contribution in [0.3, 0.4) is 0 Å². The van der Waals surface area contributed by atoms with Crippen LogP contribution in [-0.4, -0.2) is 33.6 Å². The minimum Gasteiger partial charge on any atom is -0.394 e. The first-order chi connectivity index (χ1) is 13.1. The summed E-state index contributed by atoms with van der Waals surface area (Å²) in [4.78, 5) is 21.1. The zero-order chi connectivity index (χ0) is 19.2. The minimum absolute atomic E-state index is 0.0222. The Morgan fingerprint density at radius 2 is 1.85 bits per heavy atom. The molecule has 4 N–H and O–H groups in total. The first-order valence-corrected chi connectivity index (χ1v) is 8.78. The van der Waals surface area contributed by atoms with Gasteiger partial charge in [-0.2, -0.15) is 0 Å². The van der Waals surface area contributed by atoms with Gasteiger partial charge in [0.2, 0.25) is 0 Å². The Hall–Kier alpha value is -2.96. The quantitative estimate of drug-likeness (QED) is 0.608. The zero-order valence-corrected chi connectivity index (χ0v) is 15.2. The topological polar surface area (TPSA) is 101 Å². The summed E-state index contributed by atoms with van der Waals surface area (Å²) in [6.07, 6.45) is 2.00. The molecule has 0 radical (unpaired) electrons. The van der Waals surface area contributed by atoms with Gasteiger partial charge in [-0.05, 0) is 24.1 Å². The fourth-order valence-electron chi connectivity index (χ4n) is 2.64. The van der Waals surface area contributed by atoms with E-state index in [2.05, 4.69) is 15.3 Å². The molecular weight excluding hydrogens is 364 g/mol. The summed E-state index contributed by atoms with van der Waals surface area (Å²) >= 11 is 5.90. The van der Waals surface area contributed by atoms with E-state index in [4.69, 9.17) is 17.3 Å². The molecule has 1 aromatic heterocycles. The van der Waals surface area contributed by atoms with Crippen LogP contribution in [0.1, 0.15) is 16.1 Å². The Morgan fingerprint density at radius 1 is 1.15 bits per heavy atom. The molecular formula is C20H19ClN4O2. The number of hydrogen-bond acceptors (Lipinski definition) is 5. The van der Waals surface area contributed by atoms with Gasteiger partial charge in [0.05, 0.1) is 24.5 Å². The van der Waals surface area contributed by atoms with Gasteiger partial charge in [0, 0.05) is 10.6 Å².